The highest BCUT2D eigenvalue weighted by Gasteiger charge is 2.27. The Balaban J connectivity index is 2.29. The largest absolute Gasteiger partial charge is 0.397 e. The number of halogens is 4. The summed E-state index contributed by atoms with van der Waals surface area (Å²) in [5.41, 5.74) is 7.29. The molecule has 0 bridgehead atoms. The predicted octanol–water partition coefficient (Wildman–Crippen LogP) is 3.40. The van der Waals surface area contributed by atoms with Crippen LogP contribution >= 0.6 is 15.9 Å². The Kier molecular flexibility index (Phi) is 3.03. The monoisotopic (exact) mass is 307 g/mol. The first-order chi connectivity index (χ1) is 7.85. The van der Waals surface area contributed by atoms with E-state index in [9.17, 15) is 13.2 Å². The molecule has 7 heteroatoms. The minimum absolute atomic E-state index is 0.171. The molecule has 3 N–H and O–H groups in total. The van der Waals surface area contributed by atoms with E-state index < -0.39 is 12.6 Å². The van der Waals surface area contributed by atoms with Gasteiger partial charge in [0.15, 0.2) is 0 Å². The van der Waals surface area contributed by atoms with Crippen LogP contribution in [0.15, 0.2) is 16.6 Å². The van der Waals surface area contributed by atoms with Crippen LogP contribution in [0.5, 0.6) is 0 Å². The zero-order chi connectivity index (χ0) is 12.6. The van der Waals surface area contributed by atoms with Crippen molar-refractivity contribution in [3.05, 3.63) is 22.4 Å². The molecular weight excluding hydrogens is 299 g/mol. The molecule has 92 valence electrons. The van der Waals surface area contributed by atoms with Crippen LogP contribution in [0.4, 0.5) is 18.9 Å². The Morgan fingerprint density at radius 2 is 2.06 bits per heavy atom. The maximum atomic E-state index is 12.1. The average molecular weight is 308 g/mol. The Bertz CT molecular complexity index is 547. The quantitative estimate of drug-likeness (QED) is 0.835. The molecule has 1 heterocycles. The number of H-pyrrole nitrogens is 1. The lowest BCUT2D eigenvalue weighted by atomic mass is 10.3. The molecule has 0 aliphatic heterocycles. The van der Waals surface area contributed by atoms with Crippen LogP contribution in [0, 0.1) is 0 Å². The number of alkyl halides is 3. The first-order valence-electron chi connectivity index (χ1n) is 4.85. The number of aryl methyl sites for hydroxylation is 1. The zero-order valence-electron chi connectivity index (χ0n) is 8.61. The fourth-order valence-corrected chi connectivity index (χ4v) is 2.01. The van der Waals surface area contributed by atoms with Gasteiger partial charge in [0.25, 0.3) is 0 Å². The Hall–Kier alpha value is -1.24. The van der Waals surface area contributed by atoms with Gasteiger partial charge in [-0.1, -0.05) is 15.9 Å². The molecule has 0 aliphatic rings. The highest BCUT2D eigenvalue weighted by molar-refractivity contribution is 9.10. The van der Waals surface area contributed by atoms with E-state index in [1.807, 2.05) is 0 Å². The standard InChI is InChI=1S/C10H9BrF3N3/c11-5-3-6(15)9-7(4-5)16-8(17-9)1-2-10(12,13)14/h3-4H,1-2,15H2,(H,16,17). The summed E-state index contributed by atoms with van der Waals surface area (Å²) in [6.45, 7) is 0. The first-order valence-corrected chi connectivity index (χ1v) is 5.65. The van der Waals surface area contributed by atoms with E-state index >= 15 is 0 Å². The van der Waals surface area contributed by atoms with Gasteiger partial charge < -0.3 is 10.7 Å². The number of imidazole rings is 1. The first kappa shape index (κ1) is 12.2. The summed E-state index contributed by atoms with van der Waals surface area (Å²) in [6.07, 6.45) is -5.24. The summed E-state index contributed by atoms with van der Waals surface area (Å²) in [5, 5.41) is 0. The summed E-state index contributed by atoms with van der Waals surface area (Å²) in [5.74, 6) is 0.294. The van der Waals surface area contributed by atoms with Crippen molar-refractivity contribution in [2.24, 2.45) is 0 Å². The van der Waals surface area contributed by atoms with E-state index in [0.717, 1.165) is 4.47 Å². The van der Waals surface area contributed by atoms with Crippen molar-refractivity contribution in [3.63, 3.8) is 0 Å². The molecular formula is C10H9BrF3N3. The molecule has 0 amide bonds. The van der Waals surface area contributed by atoms with Crippen LogP contribution in [0.1, 0.15) is 12.2 Å². The molecule has 2 aromatic rings. The lowest BCUT2D eigenvalue weighted by molar-refractivity contribution is -0.134. The van der Waals surface area contributed by atoms with Crippen molar-refractivity contribution in [1.29, 1.82) is 0 Å². The van der Waals surface area contributed by atoms with Crippen LogP contribution < -0.4 is 5.73 Å². The molecule has 0 radical (unpaired) electrons. The van der Waals surface area contributed by atoms with Gasteiger partial charge in [0, 0.05) is 10.9 Å². The molecule has 0 unspecified atom stereocenters. The summed E-state index contributed by atoms with van der Waals surface area (Å²) < 4.78 is 37.0. The molecule has 17 heavy (non-hydrogen) atoms. The fraction of sp³-hybridized carbons (Fsp3) is 0.300. The summed E-state index contributed by atoms with van der Waals surface area (Å²) in [4.78, 5) is 6.88. The Morgan fingerprint density at radius 1 is 1.35 bits per heavy atom. The van der Waals surface area contributed by atoms with Crippen molar-refractivity contribution < 1.29 is 13.2 Å². The number of benzene rings is 1. The van der Waals surface area contributed by atoms with Gasteiger partial charge in [0.1, 0.15) is 11.3 Å². The van der Waals surface area contributed by atoms with E-state index in [1.165, 1.54) is 0 Å². The van der Waals surface area contributed by atoms with Crippen molar-refractivity contribution in [1.82, 2.24) is 9.97 Å². The van der Waals surface area contributed by atoms with E-state index in [0.29, 0.717) is 22.5 Å². The number of anilines is 1. The van der Waals surface area contributed by atoms with Crippen molar-refractivity contribution in [3.8, 4) is 0 Å². The maximum Gasteiger partial charge on any atom is 0.389 e. The molecule has 2 rings (SSSR count). The van der Waals surface area contributed by atoms with Crippen LogP contribution in [-0.2, 0) is 6.42 Å². The van der Waals surface area contributed by atoms with Gasteiger partial charge in [-0.2, -0.15) is 13.2 Å². The lowest BCUT2D eigenvalue weighted by Gasteiger charge is -2.02. The Labute approximate surface area is 103 Å². The van der Waals surface area contributed by atoms with Gasteiger partial charge in [-0.15, -0.1) is 0 Å². The van der Waals surface area contributed by atoms with Crippen molar-refractivity contribution in [2.45, 2.75) is 19.0 Å². The summed E-state index contributed by atoms with van der Waals surface area (Å²) in [6, 6.07) is 3.40. The van der Waals surface area contributed by atoms with Crippen LogP contribution in [-0.4, -0.2) is 16.1 Å². The van der Waals surface area contributed by atoms with Gasteiger partial charge in [-0.05, 0) is 12.1 Å². The van der Waals surface area contributed by atoms with E-state index in [2.05, 4.69) is 25.9 Å². The summed E-state index contributed by atoms with van der Waals surface area (Å²) >= 11 is 3.26. The second kappa shape index (κ2) is 4.21. The molecule has 0 saturated carbocycles. The number of hydrogen-bond donors (Lipinski definition) is 2. The van der Waals surface area contributed by atoms with Gasteiger partial charge in [0.2, 0.25) is 0 Å². The number of fused-ring (bicyclic) bond motifs is 1. The molecule has 0 aliphatic carbocycles. The van der Waals surface area contributed by atoms with E-state index in [-0.39, 0.29) is 6.42 Å². The normalized spacial score (nSPS) is 12.2. The number of aromatic nitrogens is 2. The summed E-state index contributed by atoms with van der Waals surface area (Å²) in [7, 11) is 0. The van der Waals surface area contributed by atoms with E-state index in [4.69, 9.17) is 5.73 Å². The number of nitrogens with one attached hydrogen (secondary N) is 1. The molecule has 0 spiro atoms. The average Bonchev–Trinajstić information content (AvgIpc) is 2.56. The van der Waals surface area contributed by atoms with Gasteiger partial charge >= 0.3 is 6.18 Å². The fourth-order valence-electron chi connectivity index (χ4n) is 1.54. The number of nitrogens with two attached hydrogens (primary N) is 1. The number of rotatable bonds is 2. The van der Waals surface area contributed by atoms with E-state index in [1.54, 1.807) is 12.1 Å². The predicted molar refractivity (Wildman–Crippen MR) is 62.6 cm³/mol. The molecule has 0 atom stereocenters. The number of hydrogen-bond acceptors (Lipinski definition) is 2. The SMILES string of the molecule is Nc1cc(Br)cc2[nH]c(CCC(F)(F)F)nc12. The van der Waals surface area contributed by atoms with Gasteiger partial charge in [0.05, 0.1) is 17.6 Å². The maximum absolute atomic E-state index is 12.1. The van der Waals surface area contributed by atoms with Gasteiger partial charge in [-0.3, -0.25) is 0 Å². The second-order valence-corrected chi connectivity index (χ2v) is 4.61. The Morgan fingerprint density at radius 3 is 2.71 bits per heavy atom. The molecule has 0 saturated heterocycles. The lowest BCUT2D eigenvalue weighted by Crippen LogP contribution is -2.09. The minimum Gasteiger partial charge on any atom is -0.397 e. The van der Waals surface area contributed by atoms with Crippen molar-refractivity contribution >= 4 is 32.7 Å². The second-order valence-electron chi connectivity index (χ2n) is 3.69. The molecule has 0 fully saturated rings. The van der Waals surface area contributed by atoms with Crippen LogP contribution in [0.25, 0.3) is 11.0 Å². The van der Waals surface area contributed by atoms with Crippen molar-refractivity contribution in [2.75, 3.05) is 5.73 Å². The van der Waals surface area contributed by atoms with Gasteiger partial charge in [-0.25, -0.2) is 4.98 Å². The van der Waals surface area contributed by atoms with Crippen LogP contribution in [0.2, 0.25) is 0 Å². The van der Waals surface area contributed by atoms with Crippen LogP contribution in [0.3, 0.4) is 0 Å². The number of nitrogens with zero attached hydrogens (tertiary/aromatic N) is 1. The third kappa shape index (κ3) is 2.91. The highest BCUT2D eigenvalue weighted by atomic mass is 79.9. The number of nitrogen functional groups attached to an aromatic ring is 1. The molecule has 3 nitrogen and oxygen atoms in total. The topological polar surface area (TPSA) is 54.7 Å². The minimum atomic E-state index is -4.18. The third-order valence-corrected chi connectivity index (χ3v) is 2.73. The zero-order valence-corrected chi connectivity index (χ0v) is 10.2. The molecule has 1 aromatic carbocycles. The number of aromatic amines is 1. The third-order valence-electron chi connectivity index (χ3n) is 2.28. The smallest absolute Gasteiger partial charge is 0.389 e. The molecule has 1 aromatic heterocycles. The highest BCUT2D eigenvalue weighted by Crippen LogP contribution is 2.26.